The molecule has 1 N–H and O–H groups in total. The van der Waals surface area contributed by atoms with E-state index < -0.39 is 0 Å². The maximum atomic E-state index is 4.86. The van der Waals surface area contributed by atoms with Crippen molar-refractivity contribution in [1.82, 2.24) is 15.2 Å². The van der Waals surface area contributed by atoms with Gasteiger partial charge in [-0.25, -0.2) is 9.98 Å². The summed E-state index contributed by atoms with van der Waals surface area (Å²) in [6.45, 7) is 10.6. The number of guanidine groups is 1. The van der Waals surface area contributed by atoms with Gasteiger partial charge in [0.1, 0.15) is 5.82 Å². The standard InChI is InChI=1S/C19H33N5/c1-6-20-19(24-10-8-17(14-24)11-15(2)3)22-13-16-7-9-21-18(12-16)23(4)5/h7,9,12,15,17H,6,8,10-11,13-14H2,1-5H3,(H,20,22). The largest absolute Gasteiger partial charge is 0.363 e. The monoisotopic (exact) mass is 331 g/mol. The van der Waals surface area contributed by atoms with Crippen LogP contribution in [-0.2, 0) is 6.54 Å². The summed E-state index contributed by atoms with van der Waals surface area (Å²) >= 11 is 0. The third kappa shape index (κ3) is 5.39. The molecule has 24 heavy (non-hydrogen) atoms. The minimum Gasteiger partial charge on any atom is -0.363 e. The molecule has 2 rings (SSSR count). The van der Waals surface area contributed by atoms with Gasteiger partial charge in [0, 0.05) is 39.9 Å². The van der Waals surface area contributed by atoms with E-state index in [0.717, 1.165) is 43.2 Å². The summed E-state index contributed by atoms with van der Waals surface area (Å²) in [7, 11) is 4.02. The molecule has 0 aliphatic carbocycles. The lowest BCUT2D eigenvalue weighted by Gasteiger charge is -2.22. The first kappa shape index (κ1) is 18.6. The summed E-state index contributed by atoms with van der Waals surface area (Å²) < 4.78 is 0. The van der Waals surface area contributed by atoms with Crippen molar-refractivity contribution in [3.63, 3.8) is 0 Å². The number of aliphatic imine (C=N–C) groups is 1. The molecule has 5 nitrogen and oxygen atoms in total. The van der Waals surface area contributed by atoms with Crippen LogP contribution >= 0.6 is 0 Å². The Labute approximate surface area is 147 Å². The molecule has 0 bridgehead atoms. The zero-order valence-electron chi connectivity index (χ0n) is 15.9. The fourth-order valence-corrected chi connectivity index (χ4v) is 3.28. The molecule has 1 saturated heterocycles. The zero-order chi connectivity index (χ0) is 17.5. The van der Waals surface area contributed by atoms with Crippen LogP contribution in [-0.4, -0.2) is 49.6 Å². The van der Waals surface area contributed by atoms with Crippen LogP contribution < -0.4 is 10.2 Å². The van der Waals surface area contributed by atoms with Crippen LogP contribution in [0.2, 0.25) is 0 Å². The van der Waals surface area contributed by atoms with Crippen LogP contribution in [0.1, 0.15) is 39.2 Å². The molecule has 1 aromatic heterocycles. The van der Waals surface area contributed by atoms with E-state index in [1.54, 1.807) is 0 Å². The van der Waals surface area contributed by atoms with Gasteiger partial charge in [-0.3, -0.25) is 0 Å². The van der Waals surface area contributed by atoms with E-state index in [9.17, 15) is 0 Å². The highest BCUT2D eigenvalue weighted by Gasteiger charge is 2.25. The van der Waals surface area contributed by atoms with Crippen molar-refractivity contribution in [2.45, 2.75) is 40.2 Å². The summed E-state index contributed by atoms with van der Waals surface area (Å²) in [4.78, 5) is 13.7. The van der Waals surface area contributed by atoms with Crippen LogP contribution in [0, 0.1) is 11.8 Å². The normalized spacial score (nSPS) is 18.3. The van der Waals surface area contributed by atoms with Crippen LogP contribution in [0.4, 0.5) is 5.82 Å². The fraction of sp³-hybridized carbons (Fsp3) is 0.684. The fourth-order valence-electron chi connectivity index (χ4n) is 3.28. The number of anilines is 1. The highest BCUT2D eigenvalue weighted by Crippen LogP contribution is 2.23. The average Bonchev–Trinajstić information content (AvgIpc) is 2.99. The lowest BCUT2D eigenvalue weighted by atomic mass is 9.97. The molecule has 1 fully saturated rings. The number of nitrogens with zero attached hydrogens (tertiary/aromatic N) is 4. The van der Waals surface area contributed by atoms with Crippen molar-refractivity contribution in [3.8, 4) is 0 Å². The van der Waals surface area contributed by atoms with Crippen molar-refractivity contribution in [1.29, 1.82) is 0 Å². The number of likely N-dealkylation sites (tertiary alicyclic amines) is 1. The maximum absolute atomic E-state index is 4.86. The zero-order valence-corrected chi connectivity index (χ0v) is 15.9. The molecule has 1 aromatic rings. The van der Waals surface area contributed by atoms with E-state index in [-0.39, 0.29) is 0 Å². The second-order valence-electron chi connectivity index (χ2n) is 7.32. The molecule has 1 aliphatic rings. The van der Waals surface area contributed by atoms with Gasteiger partial charge in [-0.2, -0.15) is 0 Å². The number of hydrogen-bond donors (Lipinski definition) is 1. The van der Waals surface area contributed by atoms with Gasteiger partial charge in [0.15, 0.2) is 5.96 Å². The molecule has 0 saturated carbocycles. The molecule has 0 amide bonds. The summed E-state index contributed by atoms with van der Waals surface area (Å²) in [6, 6.07) is 4.16. The smallest absolute Gasteiger partial charge is 0.194 e. The Kier molecular flexibility index (Phi) is 6.88. The number of hydrogen-bond acceptors (Lipinski definition) is 3. The van der Waals surface area contributed by atoms with Crippen LogP contribution in [0.3, 0.4) is 0 Å². The van der Waals surface area contributed by atoms with E-state index in [4.69, 9.17) is 4.99 Å². The minimum absolute atomic E-state index is 0.692. The lowest BCUT2D eigenvalue weighted by molar-refractivity contribution is 0.403. The van der Waals surface area contributed by atoms with Gasteiger partial charge >= 0.3 is 0 Å². The molecule has 0 aromatic carbocycles. The van der Waals surface area contributed by atoms with Gasteiger partial charge in [0.05, 0.1) is 6.54 Å². The second kappa shape index (κ2) is 8.90. The molecule has 0 radical (unpaired) electrons. The summed E-state index contributed by atoms with van der Waals surface area (Å²) in [6.07, 6.45) is 4.46. The van der Waals surface area contributed by atoms with Gasteiger partial charge in [0.25, 0.3) is 0 Å². The third-order valence-electron chi connectivity index (χ3n) is 4.40. The molecule has 1 unspecified atom stereocenters. The number of aromatic nitrogens is 1. The lowest BCUT2D eigenvalue weighted by Crippen LogP contribution is -2.40. The van der Waals surface area contributed by atoms with Gasteiger partial charge in [-0.05, 0) is 49.3 Å². The molecule has 1 atom stereocenters. The van der Waals surface area contributed by atoms with Crippen LogP contribution in [0.5, 0.6) is 0 Å². The first-order valence-electron chi connectivity index (χ1n) is 9.15. The highest BCUT2D eigenvalue weighted by molar-refractivity contribution is 5.80. The number of pyridine rings is 1. The van der Waals surface area contributed by atoms with E-state index in [2.05, 4.69) is 42.0 Å². The van der Waals surface area contributed by atoms with Crippen molar-refractivity contribution >= 4 is 11.8 Å². The Morgan fingerprint density at radius 1 is 1.46 bits per heavy atom. The van der Waals surface area contributed by atoms with Crippen LogP contribution in [0.15, 0.2) is 23.3 Å². The highest BCUT2D eigenvalue weighted by atomic mass is 15.3. The molecule has 1 aliphatic heterocycles. The number of nitrogens with one attached hydrogen (secondary N) is 1. The van der Waals surface area contributed by atoms with E-state index in [1.807, 2.05) is 31.3 Å². The molecule has 2 heterocycles. The Hall–Kier alpha value is -1.78. The first-order valence-corrected chi connectivity index (χ1v) is 9.15. The summed E-state index contributed by atoms with van der Waals surface area (Å²) in [5.74, 6) is 3.60. The molecule has 0 spiro atoms. The van der Waals surface area contributed by atoms with Crippen molar-refractivity contribution in [2.24, 2.45) is 16.8 Å². The Bertz CT molecular complexity index is 538. The van der Waals surface area contributed by atoms with E-state index in [1.165, 1.54) is 18.4 Å². The maximum Gasteiger partial charge on any atom is 0.194 e. The minimum atomic E-state index is 0.692. The van der Waals surface area contributed by atoms with E-state index >= 15 is 0 Å². The third-order valence-corrected chi connectivity index (χ3v) is 4.40. The predicted molar refractivity (Wildman–Crippen MR) is 103 cm³/mol. The average molecular weight is 332 g/mol. The first-order chi connectivity index (χ1) is 11.5. The van der Waals surface area contributed by atoms with E-state index in [0.29, 0.717) is 6.54 Å². The Morgan fingerprint density at radius 2 is 2.25 bits per heavy atom. The summed E-state index contributed by atoms with van der Waals surface area (Å²) in [5.41, 5.74) is 1.20. The van der Waals surface area contributed by atoms with Gasteiger partial charge < -0.3 is 15.1 Å². The van der Waals surface area contributed by atoms with Crippen molar-refractivity contribution < 1.29 is 0 Å². The predicted octanol–water partition coefficient (Wildman–Crippen LogP) is 2.98. The topological polar surface area (TPSA) is 43.8 Å². The molecular formula is C19H33N5. The second-order valence-corrected chi connectivity index (χ2v) is 7.32. The molecular weight excluding hydrogens is 298 g/mol. The molecule has 134 valence electrons. The van der Waals surface area contributed by atoms with Gasteiger partial charge in [0.2, 0.25) is 0 Å². The molecule has 5 heteroatoms. The van der Waals surface area contributed by atoms with Crippen LogP contribution in [0.25, 0.3) is 0 Å². The van der Waals surface area contributed by atoms with Crippen molar-refractivity contribution in [2.75, 3.05) is 38.6 Å². The SMILES string of the molecule is CCNC(=NCc1ccnc(N(C)C)c1)N1CCC(CC(C)C)C1. The van der Waals surface area contributed by atoms with Crippen molar-refractivity contribution in [3.05, 3.63) is 23.9 Å². The quantitative estimate of drug-likeness (QED) is 0.643. The van der Waals surface area contributed by atoms with Gasteiger partial charge in [-0.1, -0.05) is 13.8 Å². The Morgan fingerprint density at radius 3 is 2.92 bits per heavy atom. The Balaban J connectivity index is 2.02. The summed E-state index contributed by atoms with van der Waals surface area (Å²) in [5, 5.41) is 3.46. The number of rotatable bonds is 6. The van der Waals surface area contributed by atoms with Gasteiger partial charge in [-0.15, -0.1) is 0 Å².